The predicted molar refractivity (Wildman–Crippen MR) is 105 cm³/mol. The highest BCUT2D eigenvalue weighted by atomic mass is 32.1. The molecule has 1 amide bonds. The van der Waals surface area contributed by atoms with Gasteiger partial charge in [0.2, 0.25) is 5.91 Å². The Kier molecular flexibility index (Phi) is 4.89. The number of para-hydroxylation sites is 1. The van der Waals surface area contributed by atoms with E-state index < -0.39 is 0 Å². The largest absolute Gasteiger partial charge is 0.461 e. The first kappa shape index (κ1) is 17.0. The van der Waals surface area contributed by atoms with Crippen LogP contribution in [-0.2, 0) is 11.2 Å². The SMILES string of the molecule is CC1CC1c1ccc(/C=C/C(=O)NCCCc2nc3ccccc3s2)o1. The Morgan fingerprint density at radius 1 is 1.35 bits per heavy atom. The summed E-state index contributed by atoms with van der Waals surface area (Å²) in [6, 6.07) is 12.1. The van der Waals surface area contributed by atoms with Crippen LogP contribution in [0.1, 0.15) is 42.2 Å². The highest BCUT2D eigenvalue weighted by Gasteiger charge is 2.36. The van der Waals surface area contributed by atoms with E-state index >= 15 is 0 Å². The summed E-state index contributed by atoms with van der Waals surface area (Å²) in [5.41, 5.74) is 1.05. The van der Waals surface area contributed by atoms with E-state index in [-0.39, 0.29) is 5.91 Å². The second-order valence-corrected chi connectivity index (χ2v) is 7.98. The first-order valence-corrected chi connectivity index (χ1v) is 9.91. The summed E-state index contributed by atoms with van der Waals surface area (Å²) >= 11 is 1.72. The Bertz CT molecular complexity index is 907. The van der Waals surface area contributed by atoms with E-state index in [9.17, 15) is 4.79 Å². The van der Waals surface area contributed by atoms with Crippen molar-refractivity contribution in [3.8, 4) is 0 Å². The zero-order chi connectivity index (χ0) is 17.9. The summed E-state index contributed by atoms with van der Waals surface area (Å²) < 4.78 is 6.98. The summed E-state index contributed by atoms with van der Waals surface area (Å²) in [5.74, 6) is 2.97. The second kappa shape index (κ2) is 7.46. The Labute approximate surface area is 156 Å². The fourth-order valence-corrected chi connectivity index (χ4v) is 4.08. The van der Waals surface area contributed by atoms with Gasteiger partial charge in [0, 0.05) is 25.0 Å². The Morgan fingerprint density at radius 2 is 2.19 bits per heavy atom. The van der Waals surface area contributed by atoms with Crippen molar-refractivity contribution >= 4 is 33.5 Å². The first-order chi connectivity index (χ1) is 12.7. The van der Waals surface area contributed by atoms with E-state index in [1.165, 1.54) is 17.2 Å². The van der Waals surface area contributed by atoms with Gasteiger partial charge in [-0.05, 0) is 49.1 Å². The summed E-state index contributed by atoms with van der Waals surface area (Å²) in [5, 5.41) is 4.03. The number of carbonyl (C=O) groups is 1. The molecule has 1 fully saturated rings. The van der Waals surface area contributed by atoms with E-state index in [2.05, 4.69) is 23.3 Å². The molecule has 134 valence electrons. The highest BCUT2D eigenvalue weighted by molar-refractivity contribution is 7.18. The zero-order valence-corrected chi connectivity index (χ0v) is 15.6. The van der Waals surface area contributed by atoms with Crippen LogP contribution in [-0.4, -0.2) is 17.4 Å². The normalized spacial score (nSPS) is 19.3. The lowest BCUT2D eigenvalue weighted by atomic mass is 10.3. The van der Waals surface area contributed by atoms with Crippen molar-refractivity contribution in [1.29, 1.82) is 0 Å². The van der Waals surface area contributed by atoms with Gasteiger partial charge in [-0.25, -0.2) is 4.98 Å². The average molecular weight is 366 g/mol. The molecule has 1 aliphatic carbocycles. The molecular weight excluding hydrogens is 344 g/mol. The number of thiazole rings is 1. The number of hydrogen-bond acceptors (Lipinski definition) is 4. The molecule has 0 aliphatic heterocycles. The van der Waals surface area contributed by atoms with Crippen molar-refractivity contribution in [2.75, 3.05) is 6.54 Å². The fraction of sp³-hybridized carbons (Fsp3) is 0.333. The topological polar surface area (TPSA) is 55.1 Å². The van der Waals surface area contributed by atoms with Crippen LogP contribution in [0.15, 0.2) is 46.9 Å². The van der Waals surface area contributed by atoms with Gasteiger partial charge in [-0.2, -0.15) is 0 Å². The van der Waals surface area contributed by atoms with Gasteiger partial charge in [-0.15, -0.1) is 11.3 Å². The number of benzene rings is 1. The first-order valence-electron chi connectivity index (χ1n) is 9.09. The summed E-state index contributed by atoms with van der Waals surface area (Å²) in [4.78, 5) is 16.5. The van der Waals surface area contributed by atoms with E-state index in [1.807, 2.05) is 30.3 Å². The van der Waals surface area contributed by atoms with Crippen LogP contribution in [0, 0.1) is 5.92 Å². The third-order valence-corrected chi connectivity index (χ3v) is 5.82. The van der Waals surface area contributed by atoms with E-state index in [0.717, 1.165) is 40.8 Å². The van der Waals surface area contributed by atoms with Crippen molar-refractivity contribution in [3.63, 3.8) is 0 Å². The number of nitrogens with zero attached hydrogens (tertiary/aromatic N) is 1. The number of fused-ring (bicyclic) bond motifs is 1. The summed E-state index contributed by atoms with van der Waals surface area (Å²) in [6.45, 7) is 2.87. The molecule has 5 heteroatoms. The van der Waals surface area contributed by atoms with Crippen molar-refractivity contribution in [2.24, 2.45) is 5.92 Å². The van der Waals surface area contributed by atoms with Gasteiger partial charge in [0.15, 0.2) is 0 Å². The minimum Gasteiger partial charge on any atom is -0.461 e. The Balaban J connectivity index is 1.20. The van der Waals surface area contributed by atoms with Gasteiger partial charge in [0.05, 0.1) is 15.2 Å². The van der Waals surface area contributed by atoms with Gasteiger partial charge < -0.3 is 9.73 Å². The number of aryl methyl sites for hydroxylation is 1. The van der Waals surface area contributed by atoms with E-state index in [4.69, 9.17) is 4.42 Å². The van der Waals surface area contributed by atoms with Crippen molar-refractivity contribution in [3.05, 3.63) is 59.0 Å². The molecule has 4 nitrogen and oxygen atoms in total. The molecule has 1 aliphatic rings. The van der Waals surface area contributed by atoms with Crippen LogP contribution in [0.5, 0.6) is 0 Å². The van der Waals surface area contributed by atoms with Crippen LogP contribution in [0.25, 0.3) is 16.3 Å². The monoisotopic (exact) mass is 366 g/mol. The fourth-order valence-electron chi connectivity index (χ4n) is 3.07. The molecule has 0 spiro atoms. The summed E-state index contributed by atoms with van der Waals surface area (Å²) in [7, 11) is 0. The van der Waals surface area contributed by atoms with Gasteiger partial charge in [0.25, 0.3) is 0 Å². The smallest absolute Gasteiger partial charge is 0.244 e. The van der Waals surface area contributed by atoms with Crippen LogP contribution in [0.2, 0.25) is 0 Å². The molecule has 1 N–H and O–H groups in total. The van der Waals surface area contributed by atoms with Gasteiger partial charge in [0.1, 0.15) is 11.5 Å². The number of carbonyl (C=O) groups excluding carboxylic acids is 1. The van der Waals surface area contributed by atoms with Crippen LogP contribution < -0.4 is 5.32 Å². The van der Waals surface area contributed by atoms with Gasteiger partial charge in [-0.3, -0.25) is 4.79 Å². The number of rotatable bonds is 7. The zero-order valence-electron chi connectivity index (χ0n) is 14.8. The highest BCUT2D eigenvalue weighted by Crippen LogP contribution is 2.47. The maximum atomic E-state index is 11.9. The second-order valence-electron chi connectivity index (χ2n) is 6.86. The van der Waals surface area contributed by atoms with E-state index in [0.29, 0.717) is 12.5 Å². The van der Waals surface area contributed by atoms with Crippen LogP contribution >= 0.6 is 11.3 Å². The molecule has 2 unspecified atom stereocenters. The Morgan fingerprint density at radius 3 is 3.00 bits per heavy atom. The number of aromatic nitrogens is 1. The molecule has 4 rings (SSSR count). The minimum absolute atomic E-state index is 0.0907. The van der Waals surface area contributed by atoms with Gasteiger partial charge >= 0.3 is 0 Å². The minimum atomic E-state index is -0.0907. The molecule has 1 saturated carbocycles. The molecule has 0 saturated heterocycles. The number of hydrogen-bond donors (Lipinski definition) is 1. The summed E-state index contributed by atoms with van der Waals surface area (Å²) in [6.07, 6.45) is 6.23. The lowest BCUT2D eigenvalue weighted by Gasteiger charge is -2.00. The van der Waals surface area contributed by atoms with Crippen LogP contribution in [0.3, 0.4) is 0 Å². The lowest BCUT2D eigenvalue weighted by Crippen LogP contribution is -2.22. The van der Waals surface area contributed by atoms with Crippen molar-refractivity contribution in [1.82, 2.24) is 10.3 Å². The number of amides is 1. The van der Waals surface area contributed by atoms with Crippen molar-refractivity contribution < 1.29 is 9.21 Å². The molecule has 2 heterocycles. The van der Waals surface area contributed by atoms with Crippen molar-refractivity contribution in [2.45, 2.75) is 32.1 Å². The third-order valence-electron chi connectivity index (χ3n) is 4.73. The molecular formula is C21H22N2O2S. The quantitative estimate of drug-likeness (QED) is 0.484. The molecule has 0 radical (unpaired) electrons. The standard InChI is InChI=1S/C21H22N2O2S/c1-14-13-16(14)18-10-8-15(25-18)9-11-20(24)22-12-4-7-21-23-17-5-2-3-6-19(17)26-21/h2-3,5-6,8-11,14,16H,4,7,12-13H2,1H3,(H,22,24)/b11-9+. The molecule has 3 aromatic rings. The molecule has 26 heavy (non-hydrogen) atoms. The lowest BCUT2D eigenvalue weighted by molar-refractivity contribution is -0.116. The number of furan rings is 1. The Hall–Kier alpha value is -2.40. The maximum absolute atomic E-state index is 11.9. The van der Waals surface area contributed by atoms with Crippen LogP contribution in [0.4, 0.5) is 0 Å². The number of nitrogens with one attached hydrogen (secondary N) is 1. The van der Waals surface area contributed by atoms with Gasteiger partial charge in [-0.1, -0.05) is 19.1 Å². The van der Waals surface area contributed by atoms with E-state index in [1.54, 1.807) is 17.4 Å². The maximum Gasteiger partial charge on any atom is 0.244 e. The molecule has 2 aromatic heterocycles. The molecule has 2 atom stereocenters. The molecule has 1 aromatic carbocycles. The molecule has 0 bridgehead atoms. The third kappa shape index (κ3) is 4.05. The average Bonchev–Trinajstić information content (AvgIpc) is 3.06. The predicted octanol–water partition coefficient (Wildman–Crippen LogP) is 4.77.